The van der Waals surface area contributed by atoms with E-state index in [1.165, 1.54) is 6.92 Å². The van der Waals surface area contributed by atoms with Crippen LogP contribution in [0.25, 0.3) is 11.1 Å². The summed E-state index contributed by atoms with van der Waals surface area (Å²) in [6.45, 7) is 12.2. The maximum atomic E-state index is 13.6. The van der Waals surface area contributed by atoms with E-state index in [1.54, 1.807) is 69.1 Å². The number of hydrogen-bond acceptors (Lipinski definition) is 8. The molecule has 2 aromatic carbocycles. The molecule has 1 atom stereocenters. The fourth-order valence-corrected chi connectivity index (χ4v) is 6.44. The molecule has 0 bridgehead atoms. The highest BCUT2D eigenvalue weighted by Crippen LogP contribution is 2.56. The predicted molar refractivity (Wildman–Crippen MR) is 156 cm³/mol. The van der Waals surface area contributed by atoms with Crippen LogP contribution in [0.1, 0.15) is 77.5 Å². The van der Waals surface area contributed by atoms with Crippen LogP contribution < -0.4 is 14.2 Å². The van der Waals surface area contributed by atoms with Crippen LogP contribution in [0.4, 0.5) is 0 Å². The van der Waals surface area contributed by atoms with Gasteiger partial charge in [0.25, 0.3) is 0 Å². The second kappa shape index (κ2) is 12.4. The molecular formula is C30H42NO8P. The Kier molecular flexibility index (Phi) is 9.89. The van der Waals surface area contributed by atoms with Crippen LogP contribution in [0.15, 0.2) is 29.3 Å². The number of nitrogens with zero attached hydrogens (tertiary/aromatic N) is 1. The zero-order valence-electron chi connectivity index (χ0n) is 25.2. The quantitative estimate of drug-likeness (QED) is 0.227. The van der Waals surface area contributed by atoms with Crippen molar-refractivity contribution in [3.05, 3.63) is 41.0 Å². The third-order valence-electron chi connectivity index (χ3n) is 6.02. The van der Waals surface area contributed by atoms with E-state index in [4.69, 9.17) is 27.8 Å². The molecular weight excluding hydrogens is 533 g/mol. The molecule has 2 aromatic rings. The van der Waals surface area contributed by atoms with Crippen LogP contribution in [0.5, 0.6) is 17.2 Å². The smallest absolute Gasteiger partial charge is 0.476 e. The topological polar surface area (TPSA) is 102 Å². The highest BCUT2D eigenvalue weighted by Gasteiger charge is 2.37. The average Bonchev–Trinajstić information content (AvgIpc) is 2.99. The molecule has 10 heteroatoms. The van der Waals surface area contributed by atoms with Crippen molar-refractivity contribution in [1.29, 1.82) is 0 Å². The normalized spacial score (nSPS) is 15.8. The summed E-state index contributed by atoms with van der Waals surface area (Å²) in [5.41, 5.74) is 3.02. The number of carbonyl (C=O) groups is 1. The van der Waals surface area contributed by atoms with Crippen LogP contribution in [-0.4, -0.2) is 44.7 Å². The number of phosphoric ester groups is 1. The number of methoxy groups -OCH3 is 3. The Morgan fingerprint density at radius 3 is 2.12 bits per heavy atom. The first-order chi connectivity index (χ1) is 18.6. The van der Waals surface area contributed by atoms with Crippen LogP contribution in [0.2, 0.25) is 0 Å². The molecule has 1 aliphatic carbocycles. The fourth-order valence-electron chi connectivity index (χ4n) is 4.65. The summed E-state index contributed by atoms with van der Waals surface area (Å²) < 4.78 is 48.1. The van der Waals surface area contributed by atoms with Gasteiger partial charge in [-0.15, -0.1) is 0 Å². The molecule has 1 amide bonds. The van der Waals surface area contributed by atoms with Crippen LogP contribution in [0, 0.1) is 0 Å². The number of carbonyl (C=O) groups excluding carboxylic acids is 1. The first-order valence-electron chi connectivity index (χ1n) is 13.3. The lowest BCUT2D eigenvalue weighted by molar-refractivity contribution is -0.115. The summed E-state index contributed by atoms with van der Waals surface area (Å²) in [5.74, 6) is 1.19. The van der Waals surface area contributed by atoms with Gasteiger partial charge in [-0.3, -0.25) is 18.4 Å². The van der Waals surface area contributed by atoms with E-state index in [2.05, 4.69) is 4.99 Å². The first-order valence-corrected chi connectivity index (χ1v) is 14.7. The Hall–Kier alpha value is -2.71. The Balaban J connectivity index is 2.12. The number of phosphoric acid groups is 1. The number of rotatable bonds is 9. The third kappa shape index (κ3) is 7.94. The SMILES string of the molecule is COc1cc2c(c(OC)c1OC)-c1ccc(COP(=O)(OC(C)(C)C)OC(C)(C)C)cc1C(C=NC(C)=O)CC2. The number of ether oxygens (including phenoxy) is 3. The fraction of sp³-hybridized carbons (Fsp3) is 0.533. The molecule has 0 spiro atoms. The van der Waals surface area contributed by atoms with Gasteiger partial charge in [-0.2, -0.15) is 0 Å². The van der Waals surface area contributed by atoms with Crippen molar-refractivity contribution in [2.24, 2.45) is 4.99 Å². The summed E-state index contributed by atoms with van der Waals surface area (Å²) >= 11 is 0. The van der Waals surface area contributed by atoms with E-state index >= 15 is 0 Å². The number of hydrogen-bond donors (Lipinski definition) is 0. The highest BCUT2D eigenvalue weighted by molar-refractivity contribution is 7.48. The molecule has 0 radical (unpaired) electrons. The van der Waals surface area contributed by atoms with E-state index in [-0.39, 0.29) is 18.4 Å². The predicted octanol–water partition coefficient (Wildman–Crippen LogP) is 7.28. The van der Waals surface area contributed by atoms with Crippen LogP contribution in [-0.2, 0) is 36.0 Å². The minimum Gasteiger partial charge on any atom is -0.493 e. The second-order valence-corrected chi connectivity index (χ2v) is 13.2. The van der Waals surface area contributed by atoms with E-state index in [9.17, 15) is 9.36 Å². The van der Waals surface area contributed by atoms with Gasteiger partial charge >= 0.3 is 7.82 Å². The van der Waals surface area contributed by atoms with Gasteiger partial charge in [-0.25, -0.2) is 9.56 Å². The molecule has 3 rings (SSSR count). The molecule has 0 fully saturated rings. The summed E-state index contributed by atoms with van der Waals surface area (Å²) in [5, 5.41) is 0. The first kappa shape index (κ1) is 31.8. The number of aryl methyl sites for hydroxylation is 1. The number of benzene rings is 2. The van der Waals surface area contributed by atoms with Gasteiger partial charge in [-0.1, -0.05) is 18.2 Å². The lowest BCUT2D eigenvalue weighted by atomic mass is 9.90. The van der Waals surface area contributed by atoms with Crippen molar-refractivity contribution in [1.82, 2.24) is 0 Å². The van der Waals surface area contributed by atoms with Crippen molar-refractivity contribution in [3.63, 3.8) is 0 Å². The standard InChI is InChI=1S/C30H42NO8P/c1-19(32)31-17-22-13-12-21-16-25(34-8)27(35-9)28(36-10)26(21)23-14-11-20(15-24(22)23)18-37-40(33,38-29(2,3)4)39-30(5,6)7/h11,14-17,22H,12-13,18H2,1-10H3. The lowest BCUT2D eigenvalue weighted by Gasteiger charge is -2.31. The third-order valence-corrected chi connectivity index (χ3v) is 8.01. The Morgan fingerprint density at radius 2 is 1.60 bits per heavy atom. The second-order valence-electron chi connectivity index (χ2n) is 11.7. The summed E-state index contributed by atoms with van der Waals surface area (Å²) in [4.78, 5) is 15.8. The zero-order valence-corrected chi connectivity index (χ0v) is 26.1. The van der Waals surface area contributed by atoms with Crippen molar-refractivity contribution >= 4 is 19.9 Å². The molecule has 9 nitrogen and oxygen atoms in total. The van der Waals surface area contributed by atoms with Gasteiger partial charge in [0.2, 0.25) is 11.7 Å². The van der Waals surface area contributed by atoms with Gasteiger partial charge < -0.3 is 14.2 Å². The van der Waals surface area contributed by atoms with Crippen molar-refractivity contribution < 1.29 is 37.1 Å². The highest BCUT2D eigenvalue weighted by atomic mass is 31.2. The minimum absolute atomic E-state index is 0.0107. The number of fused-ring (bicyclic) bond motifs is 3. The van der Waals surface area contributed by atoms with Crippen molar-refractivity contribution in [2.45, 2.75) is 85.0 Å². The summed E-state index contributed by atoms with van der Waals surface area (Å²) in [6, 6.07) is 7.82. The van der Waals surface area contributed by atoms with Gasteiger partial charge in [0.1, 0.15) is 0 Å². The maximum absolute atomic E-state index is 13.6. The molecule has 0 aliphatic heterocycles. The Morgan fingerprint density at radius 1 is 0.975 bits per heavy atom. The van der Waals surface area contributed by atoms with E-state index in [0.29, 0.717) is 30.1 Å². The summed E-state index contributed by atoms with van der Waals surface area (Å²) in [7, 11) is 0.851. The average molecular weight is 576 g/mol. The zero-order chi connectivity index (χ0) is 29.9. The maximum Gasteiger partial charge on any atom is 0.476 e. The lowest BCUT2D eigenvalue weighted by Crippen LogP contribution is -2.24. The molecule has 0 saturated heterocycles. The van der Waals surface area contributed by atoms with Crippen molar-refractivity contribution in [2.75, 3.05) is 21.3 Å². The molecule has 40 heavy (non-hydrogen) atoms. The summed E-state index contributed by atoms with van der Waals surface area (Å²) in [6.07, 6.45) is 3.07. The van der Waals surface area contributed by atoms with E-state index in [1.807, 2.05) is 24.3 Å². The van der Waals surface area contributed by atoms with Crippen molar-refractivity contribution in [3.8, 4) is 28.4 Å². The van der Waals surface area contributed by atoms with Crippen LogP contribution >= 0.6 is 7.82 Å². The van der Waals surface area contributed by atoms with E-state index in [0.717, 1.165) is 27.8 Å². The Labute approximate surface area is 237 Å². The molecule has 0 heterocycles. The van der Waals surface area contributed by atoms with E-state index < -0.39 is 19.0 Å². The monoisotopic (exact) mass is 575 g/mol. The minimum atomic E-state index is -3.91. The van der Waals surface area contributed by atoms with Gasteiger partial charge in [0, 0.05) is 24.6 Å². The molecule has 220 valence electrons. The molecule has 1 aliphatic rings. The molecule has 1 unspecified atom stereocenters. The van der Waals surface area contributed by atoms with Gasteiger partial charge in [0.05, 0.1) is 39.1 Å². The number of aliphatic imine (C=N–C) groups is 1. The molecule has 0 N–H and O–H groups in total. The Bertz CT molecular complexity index is 1290. The molecule has 0 aromatic heterocycles. The number of amides is 1. The van der Waals surface area contributed by atoms with Crippen LogP contribution in [0.3, 0.4) is 0 Å². The largest absolute Gasteiger partial charge is 0.493 e. The van der Waals surface area contributed by atoms with Gasteiger partial charge in [0.15, 0.2) is 11.5 Å². The molecule has 0 saturated carbocycles. The van der Waals surface area contributed by atoms with Gasteiger partial charge in [-0.05, 0) is 82.7 Å².